The summed E-state index contributed by atoms with van der Waals surface area (Å²) in [6, 6.07) is 9.66. The number of aliphatic hydroxyl groups excluding tert-OH is 1. The third-order valence-corrected chi connectivity index (χ3v) is 6.30. The quantitative estimate of drug-likeness (QED) is 0.728. The molecule has 1 amide bonds. The fourth-order valence-corrected chi connectivity index (χ4v) is 4.37. The second-order valence-electron chi connectivity index (χ2n) is 9.11. The number of benzene rings is 1. The van der Waals surface area contributed by atoms with Crippen LogP contribution in [0.5, 0.6) is 0 Å². The van der Waals surface area contributed by atoms with E-state index in [4.69, 9.17) is 4.98 Å². The molecule has 2 aromatic rings. The van der Waals surface area contributed by atoms with Gasteiger partial charge in [-0.05, 0) is 57.1 Å². The summed E-state index contributed by atoms with van der Waals surface area (Å²) in [5, 5.41) is 13.2. The molecule has 0 saturated heterocycles. The second-order valence-corrected chi connectivity index (χ2v) is 9.11. The Morgan fingerprint density at radius 2 is 1.87 bits per heavy atom. The van der Waals surface area contributed by atoms with Gasteiger partial charge in [-0.1, -0.05) is 32.0 Å². The van der Waals surface area contributed by atoms with Gasteiger partial charge in [0.1, 0.15) is 11.7 Å². The van der Waals surface area contributed by atoms with Crippen molar-refractivity contribution in [2.45, 2.75) is 71.1 Å². The van der Waals surface area contributed by atoms with E-state index in [1.165, 1.54) is 0 Å². The predicted octanol–water partition coefficient (Wildman–Crippen LogP) is 4.11. The molecule has 1 fully saturated rings. The van der Waals surface area contributed by atoms with Crippen molar-refractivity contribution in [2.24, 2.45) is 5.92 Å². The Hall–Kier alpha value is -2.67. The van der Waals surface area contributed by atoms with Gasteiger partial charge in [-0.15, -0.1) is 0 Å². The molecule has 0 radical (unpaired) electrons. The smallest absolute Gasteiger partial charge is 0.254 e. The Labute approximate surface area is 184 Å². The fourth-order valence-electron chi connectivity index (χ4n) is 4.37. The normalized spacial score (nSPS) is 23.8. The van der Waals surface area contributed by atoms with E-state index in [2.05, 4.69) is 29.0 Å². The maximum atomic E-state index is 13.4. The lowest BCUT2D eigenvalue weighted by Gasteiger charge is -2.41. The van der Waals surface area contributed by atoms with Gasteiger partial charge in [0.25, 0.3) is 5.91 Å². The molecule has 2 aliphatic rings. The minimum Gasteiger partial charge on any atom is -0.393 e. The van der Waals surface area contributed by atoms with Gasteiger partial charge in [0.05, 0.1) is 12.3 Å². The van der Waals surface area contributed by atoms with Crippen molar-refractivity contribution in [1.82, 2.24) is 9.97 Å². The van der Waals surface area contributed by atoms with Gasteiger partial charge in [-0.25, -0.2) is 4.98 Å². The molecule has 7 nitrogen and oxygen atoms in total. The van der Waals surface area contributed by atoms with E-state index >= 15 is 0 Å². The number of fused-ring (bicyclic) bond motifs is 1. The Morgan fingerprint density at radius 1 is 1.16 bits per heavy atom. The van der Waals surface area contributed by atoms with Crippen molar-refractivity contribution in [3.63, 3.8) is 0 Å². The van der Waals surface area contributed by atoms with Crippen LogP contribution in [0.15, 0.2) is 36.5 Å². The summed E-state index contributed by atoms with van der Waals surface area (Å²) in [5.41, 5.74) is 1.55. The largest absolute Gasteiger partial charge is 0.393 e. The molecule has 2 N–H and O–H groups in total. The maximum absolute atomic E-state index is 13.4. The second kappa shape index (κ2) is 9.22. The van der Waals surface area contributed by atoms with Crippen LogP contribution < -0.4 is 15.1 Å². The average molecular weight is 424 g/mol. The molecule has 1 atom stereocenters. The van der Waals surface area contributed by atoms with E-state index in [9.17, 15) is 9.90 Å². The van der Waals surface area contributed by atoms with Crippen molar-refractivity contribution in [3.05, 3.63) is 36.5 Å². The molecular formula is C24H33N5O2. The van der Waals surface area contributed by atoms with Gasteiger partial charge in [-0.2, -0.15) is 4.98 Å². The number of hydrogen-bond donors (Lipinski definition) is 2. The minimum absolute atomic E-state index is 0.0352. The third-order valence-electron chi connectivity index (χ3n) is 6.30. The zero-order chi connectivity index (χ0) is 22.0. The average Bonchev–Trinajstić information content (AvgIpc) is 2.76. The van der Waals surface area contributed by atoms with Crippen molar-refractivity contribution in [2.75, 3.05) is 21.7 Å². The first-order valence-corrected chi connectivity index (χ1v) is 11.4. The molecule has 1 aromatic heterocycles. The van der Waals surface area contributed by atoms with Gasteiger partial charge >= 0.3 is 0 Å². The zero-order valence-electron chi connectivity index (χ0n) is 18.7. The van der Waals surface area contributed by atoms with Crippen molar-refractivity contribution in [3.8, 4) is 0 Å². The summed E-state index contributed by atoms with van der Waals surface area (Å²) in [6.07, 6.45) is 5.97. The standard InChI is InChI=1S/C24H33N5O2/c1-16(2)13-14-28-17(3)23(31)29(19-7-5-4-6-8-19)21-15-25-24(27-22(21)28)26-18-9-11-20(30)12-10-18/h4-8,15-18,20,30H,9-14H2,1-3H3,(H,25,26,27). The first-order valence-electron chi connectivity index (χ1n) is 11.4. The van der Waals surface area contributed by atoms with Gasteiger partial charge < -0.3 is 15.3 Å². The highest BCUT2D eigenvalue weighted by atomic mass is 16.3. The Bertz CT molecular complexity index is 896. The molecule has 2 heterocycles. The molecule has 0 spiro atoms. The lowest BCUT2D eigenvalue weighted by atomic mass is 9.93. The molecule has 166 valence electrons. The molecule has 0 bridgehead atoms. The lowest BCUT2D eigenvalue weighted by molar-refractivity contribution is -0.119. The van der Waals surface area contributed by atoms with E-state index < -0.39 is 0 Å². The molecule has 1 aromatic carbocycles. The number of carbonyl (C=O) groups excluding carboxylic acids is 1. The zero-order valence-corrected chi connectivity index (χ0v) is 18.7. The number of amides is 1. The number of para-hydroxylation sites is 1. The van der Waals surface area contributed by atoms with Gasteiger partial charge in [0.2, 0.25) is 5.95 Å². The fraction of sp³-hybridized carbons (Fsp3) is 0.542. The Morgan fingerprint density at radius 3 is 2.55 bits per heavy atom. The highest BCUT2D eigenvalue weighted by Gasteiger charge is 2.38. The Balaban J connectivity index is 1.68. The van der Waals surface area contributed by atoms with Crippen molar-refractivity contribution < 1.29 is 9.90 Å². The van der Waals surface area contributed by atoms with Crippen LogP contribution in [0, 0.1) is 5.92 Å². The first-order chi connectivity index (χ1) is 14.9. The molecule has 1 aliphatic carbocycles. The minimum atomic E-state index is -0.306. The van der Waals surface area contributed by atoms with Crippen LogP contribution in [0.1, 0.15) is 52.9 Å². The number of nitrogens with zero attached hydrogens (tertiary/aromatic N) is 4. The Kier molecular flexibility index (Phi) is 6.41. The van der Waals surface area contributed by atoms with Crippen LogP contribution in [-0.2, 0) is 4.79 Å². The molecule has 7 heteroatoms. The van der Waals surface area contributed by atoms with Crippen LogP contribution in [0.2, 0.25) is 0 Å². The van der Waals surface area contributed by atoms with E-state index in [0.717, 1.165) is 55.8 Å². The molecule has 1 aliphatic heterocycles. The summed E-state index contributed by atoms with van der Waals surface area (Å²) < 4.78 is 0. The topological polar surface area (TPSA) is 81.6 Å². The summed E-state index contributed by atoms with van der Waals surface area (Å²) >= 11 is 0. The number of carbonyl (C=O) groups is 1. The van der Waals surface area contributed by atoms with Gasteiger partial charge in [-0.3, -0.25) is 9.69 Å². The lowest BCUT2D eigenvalue weighted by Crippen LogP contribution is -2.51. The SMILES string of the molecule is CC(C)CCN1c2nc(NC3CCC(O)CC3)ncc2N(c2ccccc2)C(=O)C1C. The molecular weight excluding hydrogens is 390 g/mol. The summed E-state index contributed by atoms with van der Waals surface area (Å²) in [6.45, 7) is 7.11. The molecule has 1 saturated carbocycles. The van der Waals surface area contributed by atoms with E-state index in [-0.39, 0.29) is 24.1 Å². The van der Waals surface area contributed by atoms with Crippen LogP contribution >= 0.6 is 0 Å². The monoisotopic (exact) mass is 423 g/mol. The van der Waals surface area contributed by atoms with Gasteiger partial charge in [0, 0.05) is 18.3 Å². The number of anilines is 4. The van der Waals surface area contributed by atoms with E-state index in [0.29, 0.717) is 11.9 Å². The van der Waals surface area contributed by atoms with Crippen molar-refractivity contribution >= 4 is 29.0 Å². The molecule has 1 unspecified atom stereocenters. The third kappa shape index (κ3) is 4.66. The van der Waals surface area contributed by atoms with E-state index in [1.54, 1.807) is 11.1 Å². The van der Waals surface area contributed by atoms with Crippen LogP contribution in [0.4, 0.5) is 23.1 Å². The van der Waals surface area contributed by atoms with Gasteiger partial charge in [0.15, 0.2) is 5.82 Å². The summed E-state index contributed by atoms with van der Waals surface area (Å²) in [5.74, 6) is 1.95. The number of rotatable bonds is 6. The highest BCUT2D eigenvalue weighted by Crippen LogP contribution is 2.39. The summed E-state index contributed by atoms with van der Waals surface area (Å²) in [7, 11) is 0. The van der Waals surface area contributed by atoms with Crippen LogP contribution in [-0.4, -0.2) is 45.7 Å². The molecule has 31 heavy (non-hydrogen) atoms. The number of hydrogen-bond acceptors (Lipinski definition) is 6. The van der Waals surface area contributed by atoms with Crippen LogP contribution in [0.3, 0.4) is 0 Å². The number of aromatic nitrogens is 2. The van der Waals surface area contributed by atoms with E-state index in [1.807, 2.05) is 37.3 Å². The van der Waals surface area contributed by atoms with Crippen LogP contribution in [0.25, 0.3) is 0 Å². The van der Waals surface area contributed by atoms with Crippen molar-refractivity contribution in [1.29, 1.82) is 0 Å². The predicted molar refractivity (Wildman–Crippen MR) is 124 cm³/mol. The first kappa shape index (κ1) is 21.6. The number of nitrogens with one attached hydrogen (secondary N) is 1. The maximum Gasteiger partial charge on any atom is 0.254 e. The summed E-state index contributed by atoms with van der Waals surface area (Å²) in [4.78, 5) is 26.7. The number of aliphatic hydroxyl groups is 1. The molecule has 4 rings (SSSR count). The highest BCUT2D eigenvalue weighted by molar-refractivity contribution is 6.09.